The third-order valence-electron chi connectivity index (χ3n) is 3.85. The first-order chi connectivity index (χ1) is 13.3. The first kappa shape index (κ1) is 19.8. The lowest BCUT2D eigenvalue weighted by Gasteiger charge is -2.07. The summed E-state index contributed by atoms with van der Waals surface area (Å²) in [5.74, 6) is 0.821. The predicted octanol–water partition coefficient (Wildman–Crippen LogP) is 3.37. The summed E-state index contributed by atoms with van der Waals surface area (Å²) in [6.07, 6.45) is 4.18. The Hall–Kier alpha value is -2.91. The monoisotopic (exact) mass is 418 g/mol. The second-order valence-corrected chi connectivity index (χ2v) is 8.90. The van der Waals surface area contributed by atoms with Gasteiger partial charge in [-0.15, -0.1) is 0 Å². The van der Waals surface area contributed by atoms with Crippen molar-refractivity contribution in [1.29, 1.82) is 0 Å². The number of anilines is 1. The molecule has 146 valence electrons. The molecule has 1 amide bonds. The topological polar surface area (TPSA) is 94.6 Å². The van der Waals surface area contributed by atoms with Crippen LogP contribution in [0.2, 0.25) is 0 Å². The van der Waals surface area contributed by atoms with Crippen molar-refractivity contribution in [2.45, 2.75) is 4.90 Å². The molecule has 0 unspecified atom stereocenters. The van der Waals surface area contributed by atoms with Crippen LogP contribution in [-0.4, -0.2) is 39.8 Å². The zero-order valence-corrected chi connectivity index (χ0v) is 17.1. The normalized spacial score (nSPS) is 11.7. The van der Waals surface area contributed by atoms with E-state index >= 15 is 0 Å². The number of benzene rings is 2. The highest BCUT2D eigenvalue weighted by Crippen LogP contribution is 2.29. The van der Waals surface area contributed by atoms with Gasteiger partial charge < -0.3 is 9.47 Å². The number of aromatic nitrogens is 1. The minimum Gasteiger partial charge on any atom is -0.493 e. The SMILES string of the molecule is COc1ccc(C=CC(=O)Nc2nc3ccc(S(C)(=O)=O)cc3s2)cc1OC. The molecule has 0 aliphatic heterocycles. The number of nitrogens with zero attached hydrogens (tertiary/aromatic N) is 1. The van der Waals surface area contributed by atoms with Gasteiger partial charge in [0.05, 0.1) is 29.3 Å². The van der Waals surface area contributed by atoms with Crippen molar-refractivity contribution in [2.24, 2.45) is 0 Å². The molecular weight excluding hydrogens is 400 g/mol. The van der Waals surface area contributed by atoms with Crippen molar-refractivity contribution < 1.29 is 22.7 Å². The van der Waals surface area contributed by atoms with E-state index < -0.39 is 9.84 Å². The van der Waals surface area contributed by atoms with Crippen LogP contribution in [0.15, 0.2) is 47.4 Å². The highest BCUT2D eigenvalue weighted by atomic mass is 32.2. The van der Waals surface area contributed by atoms with Gasteiger partial charge in [-0.25, -0.2) is 13.4 Å². The Morgan fingerprint density at radius 3 is 2.54 bits per heavy atom. The lowest BCUT2D eigenvalue weighted by Crippen LogP contribution is -2.07. The zero-order valence-electron chi connectivity index (χ0n) is 15.4. The van der Waals surface area contributed by atoms with Crippen LogP contribution < -0.4 is 14.8 Å². The minimum absolute atomic E-state index is 0.217. The van der Waals surface area contributed by atoms with E-state index in [0.29, 0.717) is 26.8 Å². The van der Waals surface area contributed by atoms with Crippen LogP contribution >= 0.6 is 11.3 Å². The van der Waals surface area contributed by atoms with Gasteiger partial charge >= 0.3 is 0 Å². The van der Waals surface area contributed by atoms with Gasteiger partial charge in [-0.1, -0.05) is 17.4 Å². The van der Waals surface area contributed by atoms with Crippen molar-refractivity contribution in [2.75, 3.05) is 25.8 Å². The Morgan fingerprint density at radius 1 is 1.11 bits per heavy atom. The summed E-state index contributed by atoms with van der Waals surface area (Å²) in [7, 11) is -0.202. The van der Waals surface area contributed by atoms with Crippen LogP contribution in [-0.2, 0) is 14.6 Å². The summed E-state index contributed by atoms with van der Waals surface area (Å²) in [5.41, 5.74) is 1.39. The largest absolute Gasteiger partial charge is 0.493 e. The fourth-order valence-corrected chi connectivity index (χ4v) is 4.09. The van der Waals surface area contributed by atoms with Gasteiger partial charge in [0, 0.05) is 12.3 Å². The predicted molar refractivity (Wildman–Crippen MR) is 110 cm³/mol. The number of hydrogen-bond acceptors (Lipinski definition) is 7. The second-order valence-electron chi connectivity index (χ2n) is 5.86. The maximum atomic E-state index is 12.2. The van der Waals surface area contributed by atoms with Gasteiger partial charge in [0.15, 0.2) is 26.5 Å². The smallest absolute Gasteiger partial charge is 0.250 e. The number of rotatable bonds is 6. The van der Waals surface area contributed by atoms with E-state index in [0.717, 1.165) is 11.8 Å². The Bertz CT molecular complexity index is 1170. The van der Waals surface area contributed by atoms with E-state index in [1.807, 2.05) is 0 Å². The number of carbonyl (C=O) groups excluding carboxylic acids is 1. The number of fused-ring (bicyclic) bond motifs is 1. The molecule has 0 aliphatic rings. The highest BCUT2D eigenvalue weighted by molar-refractivity contribution is 7.90. The standard InChI is InChI=1S/C19H18N2O5S2/c1-25-15-8-4-12(10-16(15)26-2)5-9-18(22)21-19-20-14-7-6-13(28(3,23)24)11-17(14)27-19/h4-11H,1-3H3,(H,20,21,22). The summed E-state index contributed by atoms with van der Waals surface area (Å²) >= 11 is 1.21. The second kappa shape index (κ2) is 7.99. The number of sulfone groups is 1. The van der Waals surface area contributed by atoms with Crippen LogP contribution in [0.25, 0.3) is 16.3 Å². The zero-order chi connectivity index (χ0) is 20.3. The van der Waals surface area contributed by atoms with Crippen LogP contribution in [0.1, 0.15) is 5.56 Å². The number of nitrogens with one attached hydrogen (secondary N) is 1. The molecule has 0 bridgehead atoms. The lowest BCUT2D eigenvalue weighted by atomic mass is 10.2. The molecule has 1 aromatic heterocycles. The first-order valence-electron chi connectivity index (χ1n) is 8.12. The van der Waals surface area contributed by atoms with Gasteiger partial charge in [0.1, 0.15) is 0 Å². The third kappa shape index (κ3) is 4.49. The molecule has 1 heterocycles. The molecule has 3 aromatic rings. The van der Waals surface area contributed by atoms with Crippen LogP contribution in [0.4, 0.5) is 5.13 Å². The molecule has 9 heteroatoms. The summed E-state index contributed by atoms with van der Waals surface area (Å²) in [5, 5.41) is 3.08. The van der Waals surface area contributed by atoms with Crippen molar-refractivity contribution in [3.63, 3.8) is 0 Å². The Balaban J connectivity index is 1.75. The van der Waals surface area contributed by atoms with E-state index in [-0.39, 0.29) is 10.8 Å². The molecule has 0 aliphatic carbocycles. The molecule has 1 N–H and O–H groups in total. The van der Waals surface area contributed by atoms with Crippen LogP contribution in [0, 0.1) is 0 Å². The van der Waals surface area contributed by atoms with E-state index in [4.69, 9.17) is 9.47 Å². The Morgan fingerprint density at radius 2 is 1.86 bits per heavy atom. The molecule has 0 fully saturated rings. The minimum atomic E-state index is -3.30. The number of thiazole rings is 1. The summed E-state index contributed by atoms with van der Waals surface area (Å²) in [4.78, 5) is 16.7. The number of hydrogen-bond donors (Lipinski definition) is 1. The van der Waals surface area contributed by atoms with Crippen LogP contribution in [0.3, 0.4) is 0 Å². The van der Waals surface area contributed by atoms with E-state index in [2.05, 4.69) is 10.3 Å². The molecule has 28 heavy (non-hydrogen) atoms. The van der Waals surface area contributed by atoms with Crippen molar-refractivity contribution in [3.8, 4) is 11.5 Å². The van der Waals surface area contributed by atoms with Gasteiger partial charge in [0.25, 0.3) is 0 Å². The maximum Gasteiger partial charge on any atom is 0.250 e. The quantitative estimate of drug-likeness (QED) is 0.617. The lowest BCUT2D eigenvalue weighted by molar-refractivity contribution is -0.111. The molecule has 0 radical (unpaired) electrons. The number of carbonyl (C=O) groups is 1. The molecule has 3 rings (SSSR count). The molecule has 0 atom stereocenters. The van der Waals surface area contributed by atoms with Crippen molar-refractivity contribution >= 4 is 48.5 Å². The van der Waals surface area contributed by atoms with Crippen molar-refractivity contribution in [1.82, 2.24) is 4.98 Å². The van der Waals surface area contributed by atoms with E-state index in [9.17, 15) is 13.2 Å². The molecule has 0 spiro atoms. The molecular formula is C19H18N2O5S2. The van der Waals surface area contributed by atoms with Gasteiger partial charge in [0.2, 0.25) is 5.91 Å². The summed E-state index contributed by atoms with van der Waals surface area (Å²) in [6.45, 7) is 0. The number of methoxy groups -OCH3 is 2. The molecule has 7 nitrogen and oxygen atoms in total. The summed E-state index contributed by atoms with van der Waals surface area (Å²) < 4.78 is 34.4. The maximum absolute atomic E-state index is 12.2. The summed E-state index contributed by atoms with van der Waals surface area (Å²) in [6, 6.07) is 9.99. The molecule has 2 aromatic carbocycles. The highest BCUT2D eigenvalue weighted by Gasteiger charge is 2.11. The van der Waals surface area contributed by atoms with Gasteiger partial charge in [-0.05, 0) is 42.0 Å². The Kier molecular flexibility index (Phi) is 5.66. The Labute approximate surface area is 166 Å². The first-order valence-corrected chi connectivity index (χ1v) is 10.8. The molecule has 0 saturated heterocycles. The number of amides is 1. The fraction of sp³-hybridized carbons (Fsp3) is 0.158. The molecule has 0 saturated carbocycles. The third-order valence-corrected chi connectivity index (χ3v) is 5.90. The van der Waals surface area contributed by atoms with E-state index in [1.54, 1.807) is 50.6 Å². The van der Waals surface area contributed by atoms with E-state index in [1.165, 1.54) is 23.5 Å². The average molecular weight is 418 g/mol. The number of ether oxygens (including phenoxy) is 2. The van der Waals surface area contributed by atoms with Crippen LogP contribution in [0.5, 0.6) is 11.5 Å². The van der Waals surface area contributed by atoms with Gasteiger partial charge in [-0.2, -0.15) is 0 Å². The van der Waals surface area contributed by atoms with Gasteiger partial charge in [-0.3, -0.25) is 10.1 Å². The average Bonchev–Trinajstić information content (AvgIpc) is 3.06. The fourth-order valence-electron chi connectivity index (χ4n) is 2.46. The van der Waals surface area contributed by atoms with Crippen molar-refractivity contribution in [3.05, 3.63) is 48.0 Å².